The Morgan fingerprint density at radius 2 is 2.06 bits per heavy atom. The Balaban J connectivity index is 1.48. The van der Waals surface area contributed by atoms with Crippen LogP contribution >= 0.6 is 0 Å². The van der Waals surface area contributed by atoms with E-state index in [1.165, 1.54) is 0 Å². The van der Waals surface area contributed by atoms with Gasteiger partial charge in [-0.3, -0.25) is 9.59 Å². The van der Waals surface area contributed by atoms with Crippen molar-refractivity contribution in [2.75, 3.05) is 36.5 Å². The number of morpholine rings is 1. The fourth-order valence-electron chi connectivity index (χ4n) is 3.71. The van der Waals surface area contributed by atoms with E-state index < -0.39 is 6.04 Å². The van der Waals surface area contributed by atoms with Gasteiger partial charge < -0.3 is 26.0 Å². The van der Waals surface area contributed by atoms with Crippen molar-refractivity contribution in [2.24, 2.45) is 21.9 Å². The van der Waals surface area contributed by atoms with E-state index in [9.17, 15) is 9.59 Å². The standard InChI is InChI=1S/C23H30N8O3/c1-14(2)22(24)23(33)25-13-19-28-18(11-20(29-19)31-5-7-34-8-6-31)30-26-12-15-3-4-17-16(9-15)10-21(32)27-17/h3-4,9,11,14,22H,5-8,10,12-13,24H2,1-2H3,(H,25,33)(H,27,32). The van der Waals surface area contributed by atoms with Gasteiger partial charge in [-0.15, -0.1) is 5.11 Å². The van der Waals surface area contributed by atoms with Gasteiger partial charge in [-0.1, -0.05) is 26.0 Å². The van der Waals surface area contributed by atoms with E-state index >= 15 is 0 Å². The summed E-state index contributed by atoms with van der Waals surface area (Å²) in [7, 11) is 0. The van der Waals surface area contributed by atoms with E-state index in [2.05, 4.69) is 35.7 Å². The van der Waals surface area contributed by atoms with Gasteiger partial charge in [-0.25, -0.2) is 9.97 Å². The predicted octanol–water partition coefficient (Wildman–Crippen LogP) is 1.69. The maximum absolute atomic E-state index is 12.3. The predicted molar refractivity (Wildman–Crippen MR) is 127 cm³/mol. The number of carbonyl (C=O) groups is 2. The average Bonchev–Trinajstić information content (AvgIpc) is 3.21. The molecule has 1 atom stereocenters. The summed E-state index contributed by atoms with van der Waals surface area (Å²) in [6, 6.07) is 6.95. The van der Waals surface area contributed by atoms with Crippen LogP contribution in [0.5, 0.6) is 0 Å². The molecule has 4 N–H and O–H groups in total. The summed E-state index contributed by atoms with van der Waals surface area (Å²) in [6.07, 6.45) is 0.380. The van der Waals surface area contributed by atoms with Crippen molar-refractivity contribution in [1.29, 1.82) is 0 Å². The van der Waals surface area contributed by atoms with Crippen LogP contribution in [0.3, 0.4) is 0 Å². The number of nitrogens with zero attached hydrogens (tertiary/aromatic N) is 5. The maximum Gasteiger partial charge on any atom is 0.237 e. The van der Waals surface area contributed by atoms with Gasteiger partial charge in [-0.2, -0.15) is 5.11 Å². The van der Waals surface area contributed by atoms with Gasteiger partial charge in [0.1, 0.15) is 5.82 Å². The SMILES string of the molecule is CC(C)C(N)C(=O)NCc1nc(N=NCc2ccc3c(c2)CC(=O)N3)cc(N2CCOCC2)n1. The molecule has 180 valence electrons. The van der Waals surface area contributed by atoms with Gasteiger partial charge in [0.15, 0.2) is 11.6 Å². The van der Waals surface area contributed by atoms with Crippen LogP contribution in [0, 0.1) is 5.92 Å². The summed E-state index contributed by atoms with van der Waals surface area (Å²) in [5, 5.41) is 14.3. The van der Waals surface area contributed by atoms with Gasteiger partial charge in [0.05, 0.1) is 38.8 Å². The summed E-state index contributed by atoms with van der Waals surface area (Å²) >= 11 is 0. The molecule has 4 rings (SSSR count). The van der Waals surface area contributed by atoms with Crippen molar-refractivity contribution in [2.45, 2.75) is 39.4 Å². The lowest BCUT2D eigenvalue weighted by atomic mass is 10.1. The molecule has 2 aliphatic rings. The third kappa shape index (κ3) is 5.91. The number of azo groups is 1. The Morgan fingerprint density at radius 1 is 1.26 bits per heavy atom. The van der Waals surface area contributed by atoms with Crippen LogP contribution < -0.4 is 21.3 Å². The molecule has 1 fully saturated rings. The summed E-state index contributed by atoms with van der Waals surface area (Å²) < 4.78 is 5.44. The molecule has 3 heterocycles. The number of nitrogens with one attached hydrogen (secondary N) is 2. The maximum atomic E-state index is 12.3. The molecule has 2 aliphatic heterocycles. The van der Waals surface area contributed by atoms with Crippen LogP contribution in [0.1, 0.15) is 30.8 Å². The zero-order valence-corrected chi connectivity index (χ0v) is 19.5. The van der Waals surface area contributed by atoms with E-state index in [0.29, 0.717) is 56.7 Å². The Hall–Kier alpha value is -3.44. The Labute approximate surface area is 198 Å². The number of nitrogens with two attached hydrogens (primary N) is 1. The second-order valence-corrected chi connectivity index (χ2v) is 8.70. The van der Waals surface area contributed by atoms with Gasteiger partial charge in [0.25, 0.3) is 0 Å². The number of carbonyl (C=O) groups excluding carboxylic acids is 2. The van der Waals surface area contributed by atoms with Crippen molar-refractivity contribution in [1.82, 2.24) is 15.3 Å². The van der Waals surface area contributed by atoms with Crippen LogP contribution in [0.2, 0.25) is 0 Å². The summed E-state index contributed by atoms with van der Waals surface area (Å²) in [5.74, 6) is 1.34. The normalized spacial score (nSPS) is 16.6. The summed E-state index contributed by atoms with van der Waals surface area (Å²) in [4.78, 5) is 35.0. The fraction of sp³-hybridized carbons (Fsp3) is 0.478. The van der Waals surface area contributed by atoms with Crippen molar-refractivity contribution in [3.8, 4) is 0 Å². The Bertz CT molecular complexity index is 1080. The summed E-state index contributed by atoms with van der Waals surface area (Å²) in [6.45, 7) is 6.94. The molecule has 0 spiro atoms. The van der Waals surface area contributed by atoms with Crippen LogP contribution in [0.4, 0.5) is 17.3 Å². The van der Waals surface area contributed by atoms with Crippen molar-refractivity contribution in [3.63, 3.8) is 0 Å². The second-order valence-electron chi connectivity index (χ2n) is 8.70. The smallest absolute Gasteiger partial charge is 0.237 e. The van der Waals surface area contributed by atoms with E-state index in [1.807, 2.05) is 32.0 Å². The monoisotopic (exact) mass is 466 g/mol. The first kappa shape index (κ1) is 23.7. The van der Waals surface area contributed by atoms with Crippen molar-refractivity contribution in [3.05, 3.63) is 41.2 Å². The minimum absolute atomic E-state index is 0.000579. The number of anilines is 2. The van der Waals surface area contributed by atoms with Gasteiger partial charge >= 0.3 is 0 Å². The largest absolute Gasteiger partial charge is 0.378 e. The van der Waals surface area contributed by atoms with Crippen LogP contribution in [0.15, 0.2) is 34.5 Å². The molecular weight excluding hydrogens is 436 g/mol. The molecular formula is C23H30N8O3. The van der Waals surface area contributed by atoms with Gasteiger partial charge in [-0.05, 0) is 23.1 Å². The lowest BCUT2D eigenvalue weighted by molar-refractivity contribution is -0.123. The highest BCUT2D eigenvalue weighted by molar-refractivity contribution is 5.99. The molecule has 1 saturated heterocycles. The first-order valence-corrected chi connectivity index (χ1v) is 11.4. The highest BCUT2D eigenvalue weighted by atomic mass is 16.5. The number of benzene rings is 1. The summed E-state index contributed by atoms with van der Waals surface area (Å²) in [5.41, 5.74) is 8.70. The van der Waals surface area contributed by atoms with E-state index in [4.69, 9.17) is 10.5 Å². The van der Waals surface area contributed by atoms with Crippen molar-refractivity contribution < 1.29 is 14.3 Å². The lowest BCUT2D eigenvalue weighted by Crippen LogP contribution is -2.43. The molecule has 2 aromatic rings. The number of hydrogen-bond acceptors (Lipinski definition) is 9. The number of fused-ring (bicyclic) bond motifs is 1. The van der Waals surface area contributed by atoms with Crippen LogP contribution in [0.25, 0.3) is 0 Å². The molecule has 0 bridgehead atoms. The number of ether oxygens (including phenoxy) is 1. The number of aromatic nitrogens is 2. The van der Waals surface area contributed by atoms with Gasteiger partial charge in [0, 0.05) is 24.8 Å². The quantitative estimate of drug-likeness (QED) is 0.502. The third-order valence-electron chi connectivity index (χ3n) is 5.74. The van der Waals surface area contributed by atoms with Gasteiger partial charge in [0.2, 0.25) is 11.8 Å². The Morgan fingerprint density at radius 3 is 2.82 bits per heavy atom. The van der Waals surface area contributed by atoms with Crippen molar-refractivity contribution >= 4 is 29.1 Å². The number of amides is 2. The molecule has 0 radical (unpaired) electrons. The molecule has 34 heavy (non-hydrogen) atoms. The topological polar surface area (TPSA) is 147 Å². The van der Waals surface area contributed by atoms with E-state index in [1.54, 1.807) is 6.07 Å². The van der Waals surface area contributed by atoms with Crippen LogP contribution in [-0.2, 0) is 33.8 Å². The molecule has 11 nitrogen and oxygen atoms in total. The van der Waals surface area contributed by atoms with E-state index in [0.717, 1.165) is 16.8 Å². The molecule has 0 saturated carbocycles. The van der Waals surface area contributed by atoms with E-state index in [-0.39, 0.29) is 24.3 Å². The zero-order chi connectivity index (χ0) is 24.1. The number of rotatable bonds is 8. The zero-order valence-electron chi connectivity index (χ0n) is 19.5. The third-order valence-corrected chi connectivity index (χ3v) is 5.74. The molecule has 1 aromatic heterocycles. The highest BCUT2D eigenvalue weighted by Gasteiger charge is 2.19. The van der Waals surface area contributed by atoms with Crippen LogP contribution in [-0.4, -0.2) is 54.1 Å². The minimum atomic E-state index is -0.598. The average molecular weight is 467 g/mol. The molecule has 1 unspecified atom stereocenters. The Kier molecular flexibility index (Phi) is 7.43. The second kappa shape index (κ2) is 10.7. The minimum Gasteiger partial charge on any atom is -0.378 e. The fourth-order valence-corrected chi connectivity index (χ4v) is 3.71. The molecule has 11 heteroatoms. The molecule has 2 amide bonds. The molecule has 1 aromatic carbocycles. The first-order valence-electron chi connectivity index (χ1n) is 11.4. The highest BCUT2D eigenvalue weighted by Crippen LogP contribution is 2.25. The molecule has 0 aliphatic carbocycles. The lowest BCUT2D eigenvalue weighted by Gasteiger charge is -2.28. The first-order chi connectivity index (χ1) is 16.4. The number of hydrogen-bond donors (Lipinski definition) is 3.